The molecule has 0 bridgehead atoms. The van der Waals surface area contributed by atoms with Crippen LogP contribution in [0.15, 0.2) is 12.1 Å². The van der Waals surface area contributed by atoms with Crippen molar-refractivity contribution in [2.75, 3.05) is 7.05 Å². The molecule has 63 valence electrons. The number of nitrogens with zero attached hydrogens (tertiary/aromatic N) is 1. The second-order valence-corrected chi connectivity index (χ2v) is 1.98. The first-order valence-corrected chi connectivity index (χ1v) is 2.77. The van der Waals surface area contributed by atoms with E-state index in [0.29, 0.717) is 0 Å². The highest BCUT2D eigenvalue weighted by Gasteiger charge is 2.33. The van der Waals surface area contributed by atoms with Gasteiger partial charge in [0, 0.05) is 7.05 Å². The number of hydrogen-bond donors (Lipinski definition) is 1. The molecular weight excluding hydrogens is 161 g/mol. The number of hydrogen-bond acceptors (Lipinski definition) is 3. The molecule has 0 spiro atoms. The third-order valence-electron chi connectivity index (χ3n) is 0.957. The zero-order valence-electron chi connectivity index (χ0n) is 5.64. The fourth-order valence-corrected chi connectivity index (χ4v) is 0.605. The van der Waals surface area contributed by atoms with Crippen molar-refractivity contribution in [3.8, 4) is 0 Å². The summed E-state index contributed by atoms with van der Waals surface area (Å²) in [4.78, 5) is 1.42. The van der Waals surface area contributed by atoms with Gasteiger partial charge in [0.15, 0.2) is 0 Å². The molecule has 1 aliphatic heterocycles. The van der Waals surface area contributed by atoms with E-state index in [9.17, 15) is 13.2 Å². The van der Waals surface area contributed by atoms with Gasteiger partial charge in [-0.2, -0.15) is 0 Å². The Kier molecular flexibility index (Phi) is 1.84. The minimum Gasteiger partial charge on any atom is -0.389 e. The van der Waals surface area contributed by atoms with Gasteiger partial charge >= 0.3 is 6.36 Å². The van der Waals surface area contributed by atoms with E-state index >= 15 is 0 Å². The van der Waals surface area contributed by atoms with Crippen molar-refractivity contribution < 1.29 is 17.9 Å². The Labute approximate surface area is 61.4 Å². The summed E-state index contributed by atoms with van der Waals surface area (Å²) in [6.07, 6.45) is -3.44. The lowest BCUT2D eigenvalue weighted by Gasteiger charge is -2.07. The van der Waals surface area contributed by atoms with Crippen molar-refractivity contribution in [1.82, 2.24) is 10.2 Å². The first kappa shape index (κ1) is 8.03. The lowest BCUT2D eigenvalue weighted by atomic mass is 10.8. The number of nitrogens with one attached hydrogen (secondary N) is 1. The van der Waals surface area contributed by atoms with E-state index in [4.69, 9.17) is 0 Å². The minimum atomic E-state index is -4.63. The van der Waals surface area contributed by atoms with Gasteiger partial charge in [0.05, 0.1) is 6.20 Å². The SMILES string of the molecule is CN1[CH]NC(OC(F)(F)F)=C1. The van der Waals surface area contributed by atoms with Crippen LogP contribution in [0, 0.1) is 6.67 Å². The van der Waals surface area contributed by atoms with Gasteiger partial charge in [-0.1, -0.05) is 0 Å². The third kappa shape index (κ3) is 2.57. The highest BCUT2D eigenvalue weighted by atomic mass is 19.4. The molecule has 1 aliphatic rings. The number of alkyl halides is 3. The van der Waals surface area contributed by atoms with Gasteiger partial charge < -0.3 is 15.0 Å². The van der Waals surface area contributed by atoms with Crippen LogP contribution in [0.4, 0.5) is 13.2 Å². The van der Waals surface area contributed by atoms with E-state index in [1.807, 2.05) is 0 Å². The monoisotopic (exact) mass is 167 g/mol. The average Bonchev–Trinajstić information content (AvgIpc) is 2.10. The summed E-state index contributed by atoms with van der Waals surface area (Å²) < 4.78 is 38.0. The molecular formula is C5H6F3N2O. The van der Waals surface area contributed by atoms with Crippen LogP contribution in [0.25, 0.3) is 0 Å². The van der Waals surface area contributed by atoms with Crippen LogP contribution in [-0.2, 0) is 4.74 Å². The van der Waals surface area contributed by atoms with Crippen LogP contribution >= 0.6 is 0 Å². The molecule has 0 aliphatic carbocycles. The lowest BCUT2D eigenvalue weighted by molar-refractivity contribution is -0.307. The van der Waals surface area contributed by atoms with E-state index in [-0.39, 0.29) is 5.88 Å². The van der Waals surface area contributed by atoms with Crippen molar-refractivity contribution >= 4 is 0 Å². The van der Waals surface area contributed by atoms with E-state index in [2.05, 4.69) is 10.1 Å². The van der Waals surface area contributed by atoms with Crippen molar-refractivity contribution in [3.05, 3.63) is 18.8 Å². The molecule has 1 N–H and O–H groups in total. The summed E-state index contributed by atoms with van der Waals surface area (Å²) in [7, 11) is 1.58. The molecule has 0 fully saturated rings. The van der Waals surface area contributed by atoms with Gasteiger partial charge in [-0.25, -0.2) is 0 Å². The molecule has 0 amide bonds. The molecule has 1 radical (unpaired) electrons. The number of halogens is 3. The van der Waals surface area contributed by atoms with E-state index < -0.39 is 6.36 Å². The van der Waals surface area contributed by atoms with Crippen LogP contribution in [0.2, 0.25) is 0 Å². The Bertz CT molecular complexity index is 177. The molecule has 0 saturated carbocycles. The summed E-state index contributed by atoms with van der Waals surface area (Å²) in [6.45, 7) is 1.35. The van der Waals surface area contributed by atoms with Gasteiger partial charge in [-0.3, -0.25) is 0 Å². The second-order valence-electron chi connectivity index (χ2n) is 1.98. The molecule has 11 heavy (non-hydrogen) atoms. The fraction of sp³-hybridized carbons (Fsp3) is 0.400. The summed E-state index contributed by atoms with van der Waals surface area (Å²) in [5.41, 5.74) is 0. The summed E-state index contributed by atoms with van der Waals surface area (Å²) >= 11 is 0. The molecule has 3 nitrogen and oxygen atoms in total. The van der Waals surface area contributed by atoms with E-state index in [0.717, 1.165) is 0 Å². The minimum absolute atomic E-state index is 0.319. The average molecular weight is 167 g/mol. The molecule has 0 aromatic carbocycles. The normalized spacial score (nSPS) is 17.8. The highest BCUT2D eigenvalue weighted by Crippen LogP contribution is 2.21. The van der Waals surface area contributed by atoms with Gasteiger partial charge in [0.25, 0.3) is 0 Å². The molecule has 0 aromatic heterocycles. The third-order valence-corrected chi connectivity index (χ3v) is 0.957. The van der Waals surface area contributed by atoms with Crippen molar-refractivity contribution in [2.45, 2.75) is 6.36 Å². The maximum Gasteiger partial charge on any atom is 0.574 e. The quantitative estimate of drug-likeness (QED) is 0.629. The Morgan fingerprint density at radius 3 is 2.55 bits per heavy atom. The zero-order valence-corrected chi connectivity index (χ0v) is 5.64. The molecule has 0 saturated heterocycles. The predicted molar refractivity (Wildman–Crippen MR) is 30.4 cm³/mol. The number of ether oxygens (including phenoxy) is 1. The lowest BCUT2D eigenvalue weighted by Crippen LogP contribution is -2.18. The van der Waals surface area contributed by atoms with Crippen molar-refractivity contribution in [3.63, 3.8) is 0 Å². The van der Waals surface area contributed by atoms with E-state index in [1.54, 1.807) is 7.05 Å². The van der Waals surface area contributed by atoms with Gasteiger partial charge in [0.1, 0.15) is 6.67 Å². The van der Waals surface area contributed by atoms with Gasteiger partial charge in [-0.15, -0.1) is 13.2 Å². The summed E-state index contributed by atoms with van der Waals surface area (Å²) in [5, 5.41) is 2.28. The fourth-order valence-electron chi connectivity index (χ4n) is 0.605. The summed E-state index contributed by atoms with van der Waals surface area (Å²) in [6, 6.07) is 0. The zero-order chi connectivity index (χ0) is 8.48. The largest absolute Gasteiger partial charge is 0.574 e. The van der Waals surface area contributed by atoms with Crippen LogP contribution < -0.4 is 5.32 Å². The topological polar surface area (TPSA) is 24.5 Å². The van der Waals surface area contributed by atoms with Crippen molar-refractivity contribution in [1.29, 1.82) is 0 Å². The summed E-state index contributed by atoms with van der Waals surface area (Å²) in [5.74, 6) is -0.319. The smallest absolute Gasteiger partial charge is 0.389 e. The van der Waals surface area contributed by atoms with Crippen LogP contribution in [0.3, 0.4) is 0 Å². The standard InChI is InChI=1S/C5H6F3N2O/c1-10-2-4(9-3-10)11-5(6,7)8/h2-3,9H,1H3. The first-order valence-electron chi connectivity index (χ1n) is 2.77. The number of rotatable bonds is 1. The predicted octanol–water partition coefficient (Wildman–Crippen LogP) is 0.976. The molecule has 0 unspecified atom stereocenters. The molecule has 6 heteroatoms. The second kappa shape index (κ2) is 2.52. The van der Waals surface area contributed by atoms with Gasteiger partial charge in [-0.05, 0) is 0 Å². The van der Waals surface area contributed by atoms with E-state index in [1.165, 1.54) is 17.8 Å². The Morgan fingerprint density at radius 2 is 2.18 bits per heavy atom. The van der Waals surface area contributed by atoms with Gasteiger partial charge in [0.2, 0.25) is 5.88 Å². The van der Waals surface area contributed by atoms with Crippen LogP contribution in [0.1, 0.15) is 0 Å². The Hall–Kier alpha value is -1.07. The molecule has 0 atom stereocenters. The highest BCUT2D eigenvalue weighted by molar-refractivity contribution is 5.00. The Morgan fingerprint density at radius 1 is 1.55 bits per heavy atom. The molecule has 1 heterocycles. The van der Waals surface area contributed by atoms with Crippen molar-refractivity contribution in [2.24, 2.45) is 0 Å². The molecule has 0 aromatic rings. The Balaban J connectivity index is 2.45. The van der Waals surface area contributed by atoms with Crippen LogP contribution in [0.5, 0.6) is 0 Å². The first-order chi connectivity index (χ1) is 4.97. The maximum absolute atomic E-state index is 11.5. The van der Waals surface area contributed by atoms with Crippen LogP contribution in [-0.4, -0.2) is 18.3 Å². The maximum atomic E-state index is 11.5. The molecule has 1 rings (SSSR count).